The molecule has 0 aliphatic carbocycles. The number of carbonyl (C=O) groups is 1. The molecule has 35 heavy (non-hydrogen) atoms. The average molecular weight is 473 g/mol. The van der Waals surface area contributed by atoms with Crippen LogP contribution in [0.4, 0.5) is 0 Å². The van der Waals surface area contributed by atoms with Crippen LogP contribution in [0.2, 0.25) is 0 Å². The van der Waals surface area contributed by atoms with Gasteiger partial charge in [0.15, 0.2) is 6.10 Å². The first kappa shape index (κ1) is 26.2. The van der Waals surface area contributed by atoms with E-state index < -0.39 is 12.1 Å². The minimum Gasteiger partial charge on any atom is -0.479 e. The Labute approximate surface area is 209 Å². The number of rotatable bonds is 14. The molecule has 0 bridgehead atoms. The predicted octanol–water partition coefficient (Wildman–Crippen LogP) is 7.47. The number of ether oxygens (including phenoxy) is 2. The van der Waals surface area contributed by atoms with E-state index in [0.717, 1.165) is 42.8 Å². The van der Waals surface area contributed by atoms with Crippen LogP contribution in [-0.4, -0.2) is 23.8 Å². The van der Waals surface area contributed by atoms with E-state index in [2.05, 4.69) is 43.3 Å². The third-order valence-electron chi connectivity index (χ3n) is 5.95. The molecule has 4 heteroatoms. The van der Waals surface area contributed by atoms with Crippen LogP contribution in [0.3, 0.4) is 0 Å². The summed E-state index contributed by atoms with van der Waals surface area (Å²) in [5.41, 5.74) is 4.48. The largest absolute Gasteiger partial charge is 0.479 e. The molecule has 0 amide bonds. The number of carboxylic acid groups (broad SMARTS) is 1. The van der Waals surface area contributed by atoms with Crippen molar-refractivity contribution in [1.29, 1.82) is 0 Å². The molecule has 0 radical (unpaired) electrons. The number of allylic oxidation sites excluding steroid dienone is 2. The van der Waals surface area contributed by atoms with Crippen LogP contribution >= 0.6 is 0 Å². The molecule has 1 unspecified atom stereocenters. The molecule has 0 fully saturated rings. The maximum absolute atomic E-state index is 11.6. The molecule has 0 aromatic heterocycles. The van der Waals surface area contributed by atoms with Gasteiger partial charge in [0, 0.05) is 19.4 Å². The molecule has 0 saturated heterocycles. The highest BCUT2D eigenvalue weighted by molar-refractivity contribution is 5.72. The minimum absolute atomic E-state index is 0.341. The van der Waals surface area contributed by atoms with Gasteiger partial charge in [0.2, 0.25) is 0 Å². The SMILES string of the molecule is CC=C(Cc1ccc(-c2ccccc2)cc1)Oc1ccc(CC(OCCCCCC)C(=O)O)cc1. The van der Waals surface area contributed by atoms with Crippen LogP contribution in [0.25, 0.3) is 11.1 Å². The van der Waals surface area contributed by atoms with Gasteiger partial charge in [0.05, 0.1) is 0 Å². The predicted molar refractivity (Wildman–Crippen MR) is 142 cm³/mol. The van der Waals surface area contributed by atoms with E-state index in [-0.39, 0.29) is 0 Å². The Bertz CT molecular complexity index is 1050. The lowest BCUT2D eigenvalue weighted by Crippen LogP contribution is -2.26. The molecule has 0 spiro atoms. The van der Waals surface area contributed by atoms with Crippen molar-refractivity contribution >= 4 is 5.97 Å². The number of hydrogen-bond acceptors (Lipinski definition) is 3. The molecule has 0 heterocycles. The first-order valence-electron chi connectivity index (χ1n) is 12.5. The van der Waals surface area contributed by atoms with Gasteiger partial charge in [-0.05, 0) is 53.8 Å². The second kappa shape index (κ2) is 14.1. The van der Waals surface area contributed by atoms with Crippen molar-refractivity contribution in [3.05, 3.63) is 102 Å². The fourth-order valence-electron chi connectivity index (χ4n) is 3.87. The van der Waals surface area contributed by atoms with E-state index in [1.807, 2.05) is 55.5 Å². The Morgan fingerprint density at radius 1 is 0.857 bits per heavy atom. The van der Waals surface area contributed by atoms with Crippen molar-refractivity contribution in [2.45, 2.75) is 58.5 Å². The average Bonchev–Trinajstić information content (AvgIpc) is 2.89. The summed E-state index contributed by atoms with van der Waals surface area (Å²) in [6.07, 6.45) is 6.44. The standard InChI is InChI=1S/C31H36O4/c1-3-5-6-10-21-34-30(31(32)33)23-25-15-19-29(20-16-25)35-28(4-2)22-24-13-17-27(18-14-24)26-11-8-7-9-12-26/h4,7-9,11-20,30H,3,5-6,10,21-23H2,1-2H3,(H,32,33). The van der Waals surface area contributed by atoms with E-state index in [0.29, 0.717) is 19.4 Å². The Kier molecular flexibility index (Phi) is 10.6. The van der Waals surface area contributed by atoms with Crippen LogP contribution in [-0.2, 0) is 22.4 Å². The second-order valence-corrected chi connectivity index (χ2v) is 8.70. The van der Waals surface area contributed by atoms with Gasteiger partial charge in [-0.15, -0.1) is 0 Å². The van der Waals surface area contributed by atoms with Crippen molar-refractivity contribution in [2.24, 2.45) is 0 Å². The topological polar surface area (TPSA) is 55.8 Å². The maximum atomic E-state index is 11.6. The minimum atomic E-state index is -0.921. The molecule has 0 aliphatic heterocycles. The van der Waals surface area contributed by atoms with Gasteiger partial charge in [-0.3, -0.25) is 0 Å². The lowest BCUT2D eigenvalue weighted by molar-refractivity contribution is -0.150. The van der Waals surface area contributed by atoms with E-state index in [1.165, 1.54) is 16.7 Å². The summed E-state index contributed by atoms with van der Waals surface area (Å²) in [7, 11) is 0. The quantitative estimate of drug-likeness (QED) is 0.195. The van der Waals surface area contributed by atoms with Gasteiger partial charge in [-0.2, -0.15) is 0 Å². The van der Waals surface area contributed by atoms with Crippen molar-refractivity contribution in [3.8, 4) is 16.9 Å². The Hall–Kier alpha value is -3.37. The maximum Gasteiger partial charge on any atom is 0.333 e. The number of hydrogen-bond donors (Lipinski definition) is 1. The second-order valence-electron chi connectivity index (χ2n) is 8.70. The summed E-state index contributed by atoms with van der Waals surface area (Å²) < 4.78 is 11.7. The highest BCUT2D eigenvalue weighted by atomic mass is 16.5. The van der Waals surface area contributed by atoms with Gasteiger partial charge in [0.1, 0.15) is 11.5 Å². The number of carboxylic acids is 1. The molecule has 4 nitrogen and oxygen atoms in total. The highest BCUT2D eigenvalue weighted by Gasteiger charge is 2.18. The fraction of sp³-hybridized carbons (Fsp3) is 0.323. The summed E-state index contributed by atoms with van der Waals surface area (Å²) in [6, 6.07) is 26.5. The highest BCUT2D eigenvalue weighted by Crippen LogP contribution is 2.22. The summed E-state index contributed by atoms with van der Waals surface area (Å²) in [6.45, 7) is 4.60. The van der Waals surface area contributed by atoms with Crippen LogP contribution in [0.1, 0.15) is 50.7 Å². The molecule has 1 atom stereocenters. The summed E-state index contributed by atoms with van der Waals surface area (Å²) >= 11 is 0. The van der Waals surface area contributed by atoms with Crippen molar-refractivity contribution in [2.75, 3.05) is 6.61 Å². The Morgan fingerprint density at radius 2 is 1.51 bits per heavy atom. The monoisotopic (exact) mass is 472 g/mol. The molecular formula is C31H36O4. The normalized spacial score (nSPS) is 12.3. The lowest BCUT2D eigenvalue weighted by atomic mass is 10.0. The first-order chi connectivity index (χ1) is 17.1. The van der Waals surface area contributed by atoms with E-state index in [9.17, 15) is 9.90 Å². The van der Waals surface area contributed by atoms with Gasteiger partial charge in [-0.25, -0.2) is 4.79 Å². The van der Waals surface area contributed by atoms with E-state index in [1.54, 1.807) is 0 Å². The third-order valence-corrected chi connectivity index (χ3v) is 5.95. The smallest absolute Gasteiger partial charge is 0.333 e. The van der Waals surface area contributed by atoms with Crippen molar-refractivity contribution < 1.29 is 19.4 Å². The molecular weight excluding hydrogens is 436 g/mol. The molecule has 0 aliphatic rings. The van der Waals surface area contributed by atoms with Crippen LogP contribution in [0.5, 0.6) is 5.75 Å². The number of unbranched alkanes of at least 4 members (excludes halogenated alkanes) is 3. The zero-order chi connectivity index (χ0) is 24.9. The van der Waals surface area contributed by atoms with Crippen molar-refractivity contribution in [1.82, 2.24) is 0 Å². The Morgan fingerprint density at radius 3 is 2.14 bits per heavy atom. The Balaban J connectivity index is 1.53. The molecule has 3 aromatic rings. The molecule has 184 valence electrons. The third kappa shape index (κ3) is 8.73. The summed E-state index contributed by atoms with van der Waals surface area (Å²) in [5, 5.41) is 9.51. The number of aliphatic carboxylic acids is 1. The zero-order valence-corrected chi connectivity index (χ0v) is 20.8. The first-order valence-corrected chi connectivity index (χ1v) is 12.5. The zero-order valence-electron chi connectivity index (χ0n) is 20.8. The number of benzene rings is 3. The van der Waals surface area contributed by atoms with Gasteiger partial charge < -0.3 is 14.6 Å². The van der Waals surface area contributed by atoms with Crippen LogP contribution < -0.4 is 4.74 Å². The van der Waals surface area contributed by atoms with E-state index >= 15 is 0 Å². The van der Waals surface area contributed by atoms with Crippen LogP contribution in [0.15, 0.2) is 90.7 Å². The van der Waals surface area contributed by atoms with E-state index in [4.69, 9.17) is 9.47 Å². The van der Waals surface area contributed by atoms with Crippen molar-refractivity contribution in [3.63, 3.8) is 0 Å². The molecule has 3 rings (SSSR count). The van der Waals surface area contributed by atoms with Gasteiger partial charge >= 0.3 is 5.97 Å². The molecule has 3 aromatic carbocycles. The van der Waals surface area contributed by atoms with Crippen LogP contribution in [0, 0.1) is 0 Å². The van der Waals surface area contributed by atoms with Gasteiger partial charge in [-0.1, -0.05) is 92.9 Å². The molecule has 0 saturated carbocycles. The summed E-state index contributed by atoms with van der Waals surface area (Å²) in [5.74, 6) is 0.675. The summed E-state index contributed by atoms with van der Waals surface area (Å²) in [4.78, 5) is 11.6. The molecule has 1 N–H and O–H groups in total. The lowest BCUT2D eigenvalue weighted by Gasteiger charge is -2.15. The van der Waals surface area contributed by atoms with Gasteiger partial charge in [0.25, 0.3) is 0 Å². The fourth-order valence-corrected chi connectivity index (χ4v) is 3.87.